The van der Waals surface area contributed by atoms with Gasteiger partial charge in [-0.25, -0.2) is 4.98 Å². The zero-order chi connectivity index (χ0) is 14.8. The molecule has 0 aliphatic carbocycles. The van der Waals surface area contributed by atoms with Gasteiger partial charge in [0.15, 0.2) is 5.16 Å². The van der Waals surface area contributed by atoms with Crippen molar-refractivity contribution in [3.05, 3.63) is 68.4 Å². The molecule has 0 unspecified atom stereocenters. The molecule has 21 heavy (non-hydrogen) atoms. The van der Waals surface area contributed by atoms with Gasteiger partial charge in [-0.1, -0.05) is 53.2 Å². The first kappa shape index (κ1) is 14.4. The van der Waals surface area contributed by atoms with Crippen molar-refractivity contribution in [3.8, 4) is 0 Å². The quantitative estimate of drug-likeness (QED) is 0.564. The summed E-state index contributed by atoms with van der Waals surface area (Å²) in [6.45, 7) is 0. The second kappa shape index (κ2) is 6.10. The summed E-state index contributed by atoms with van der Waals surface area (Å²) in [5.74, 6) is 0.608. The Morgan fingerprint density at radius 2 is 1.95 bits per heavy atom. The van der Waals surface area contributed by atoms with Crippen molar-refractivity contribution in [2.75, 3.05) is 0 Å². The van der Waals surface area contributed by atoms with E-state index in [-0.39, 0.29) is 5.56 Å². The van der Waals surface area contributed by atoms with Gasteiger partial charge in [0, 0.05) is 15.8 Å². The Morgan fingerprint density at radius 1 is 1.14 bits per heavy atom. The van der Waals surface area contributed by atoms with E-state index in [0.29, 0.717) is 31.9 Å². The first-order valence-corrected chi connectivity index (χ1v) is 7.93. The zero-order valence-corrected chi connectivity index (χ0v) is 13.1. The highest BCUT2D eigenvalue weighted by molar-refractivity contribution is 7.98. The van der Waals surface area contributed by atoms with Gasteiger partial charge in [0.05, 0.1) is 10.9 Å². The van der Waals surface area contributed by atoms with Crippen molar-refractivity contribution in [3.63, 3.8) is 0 Å². The van der Waals surface area contributed by atoms with Crippen LogP contribution in [0.1, 0.15) is 5.56 Å². The normalized spacial score (nSPS) is 11.0. The number of aromatic nitrogens is 2. The molecule has 0 saturated carbocycles. The molecular weight excluding hydrogens is 327 g/mol. The van der Waals surface area contributed by atoms with Crippen molar-refractivity contribution in [1.82, 2.24) is 9.97 Å². The molecule has 1 aromatic heterocycles. The second-order valence-electron chi connectivity index (χ2n) is 4.41. The van der Waals surface area contributed by atoms with Gasteiger partial charge in [-0.2, -0.15) is 0 Å². The fraction of sp³-hybridized carbons (Fsp3) is 0.0667. The zero-order valence-electron chi connectivity index (χ0n) is 10.8. The SMILES string of the molecule is O=c1[nH]c(SCc2ccc(Cl)cc2Cl)nc2ccccc12. The van der Waals surface area contributed by atoms with Gasteiger partial charge in [-0.3, -0.25) is 4.79 Å². The molecule has 0 atom stereocenters. The fourth-order valence-electron chi connectivity index (χ4n) is 1.92. The molecule has 0 aliphatic heterocycles. The number of rotatable bonds is 3. The molecule has 0 fully saturated rings. The first-order chi connectivity index (χ1) is 10.1. The molecule has 3 aromatic rings. The lowest BCUT2D eigenvalue weighted by atomic mass is 10.2. The third kappa shape index (κ3) is 3.23. The van der Waals surface area contributed by atoms with Crippen molar-refractivity contribution >= 4 is 45.9 Å². The van der Waals surface area contributed by atoms with E-state index < -0.39 is 0 Å². The molecule has 106 valence electrons. The summed E-state index contributed by atoms with van der Waals surface area (Å²) < 4.78 is 0. The first-order valence-electron chi connectivity index (χ1n) is 6.19. The number of nitrogens with zero attached hydrogens (tertiary/aromatic N) is 1. The Kier molecular flexibility index (Phi) is 4.19. The van der Waals surface area contributed by atoms with Crippen LogP contribution in [0.5, 0.6) is 0 Å². The second-order valence-corrected chi connectivity index (χ2v) is 6.22. The monoisotopic (exact) mass is 336 g/mol. The van der Waals surface area contributed by atoms with E-state index in [0.717, 1.165) is 5.56 Å². The maximum atomic E-state index is 12.0. The number of benzene rings is 2. The van der Waals surface area contributed by atoms with E-state index in [9.17, 15) is 4.79 Å². The number of fused-ring (bicyclic) bond motifs is 1. The standard InChI is InChI=1S/C15H10Cl2N2OS/c16-10-6-5-9(12(17)7-10)8-21-15-18-13-4-2-1-3-11(13)14(20)19-15/h1-7H,8H2,(H,18,19,20). The summed E-state index contributed by atoms with van der Waals surface area (Å²) in [5.41, 5.74) is 1.50. The molecule has 0 bridgehead atoms. The molecule has 1 N–H and O–H groups in total. The molecule has 3 nitrogen and oxygen atoms in total. The molecule has 0 radical (unpaired) electrons. The van der Waals surface area contributed by atoms with Gasteiger partial charge >= 0.3 is 0 Å². The van der Waals surface area contributed by atoms with Gasteiger partial charge < -0.3 is 4.98 Å². The van der Waals surface area contributed by atoms with E-state index in [1.165, 1.54) is 11.8 Å². The number of nitrogens with one attached hydrogen (secondary N) is 1. The van der Waals surface area contributed by atoms with E-state index in [4.69, 9.17) is 23.2 Å². The molecule has 2 aromatic carbocycles. The van der Waals surface area contributed by atoms with E-state index in [1.807, 2.05) is 24.3 Å². The minimum atomic E-state index is -0.134. The molecule has 0 saturated heterocycles. The van der Waals surface area contributed by atoms with Gasteiger partial charge in [0.2, 0.25) is 0 Å². The van der Waals surface area contributed by atoms with Crippen molar-refractivity contribution in [1.29, 1.82) is 0 Å². The Morgan fingerprint density at radius 3 is 2.76 bits per heavy atom. The number of halogens is 2. The van der Waals surface area contributed by atoms with E-state index in [2.05, 4.69) is 9.97 Å². The van der Waals surface area contributed by atoms with E-state index in [1.54, 1.807) is 18.2 Å². The predicted molar refractivity (Wildman–Crippen MR) is 88.4 cm³/mol. The van der Waals surface area contributed by atoms with E-state index >= 15 is 0 Å². The molecule has 6 heteroatoms. The Balaban J connectivity index is 1.87. The number of hydrogen-bond acceptors (Lipinski definition) is 3. The highest BCUT2D eigenvalue weighted by atomic mass is 35.5. The van der Waals surface area contributed by atoms with Crippen LogP contribution in [0.4, 0.5) is 0 Å². The minimum absolute atomic E-state index is 0.134. The lowest BCUT2D eigenvalue weighted by molar-refractivity contribution is 0.973. The number of thioether (sulfide) groups is 1. The number of H-pyrrole nitrogens is 1. The van der Waals surface area contributed by atoms with Crippen LogP contribution in [0, 0.1) is 0 Å². The molecule has 1 heterocycles. The Labute approximate surface area is 135 Å². The summed E-state index contributed by atoms with van der Waals surface area (Å²) in [7, 11) is 0. The molecular formula is C15H10Cl2N2OS. The highest BCUT2D eigenvalue weighted by Crippen LogP contribution is 2.27. The Hall–Kier alpha value is -1.49. The minimum Gasteiger partial charge on any atom is -0.301 e. The summed E-state index contributed by atoms with van der Waals surface area (Å²) >= 11 is 13.4. The van der Waals surface area contributed by atoms with Crippen molar-refractivity contribution < 1.29 is 0 Å². The summed E-state index contributed by atoms with van der Waals surface area (Å²) in [6, 6.07) is 12.6. The van der Waals surface area contributed by atoms with Gasteiger partial charge in [-0.05, 0) is 29.8 Å². The third-order valence-electron chi connectivity index (χ3n) is 2.97. The van der Waals surface area contributed by atoms with Crippen LogP contribution in [-0.4, -0.2) is 9.97 Å². The van der Waals surface area contributed by atoms with Crippen LogP contribution in [0.2, 0.25) is 10.0 Å². The van der Waals surface area contributed by atoms with Crippen LogP contribution >= 0.6 is 35.0 Å². The summed E-state index contributed by atoms with van der Waals surface area (Å²) in [6.07, 6.45) is 0. The lowest BCUT2D eigenvalue weighted by Crippen LogP contribution is -2.08. The van der Waals surface area contributed by atoms with Gasteiger partial charge in [0.1, 0.15) is 0 Å². The predicted octanol–water partition coefficient (Wildman–Crippen LogP) is 4.52. The van der Waals surface area contributed by atoms with Crippen LogP contribution in [0.3, 0.4) is 0 Å². The summed E-state index contributed by atoms with van der Waals surface area (Å²) in [4.78, 5) is 19.2. The van der Waals surface area contributed by atoms with Crippen LogP contribution in [0.25, 0.3) is 10.9 Å². The topological polar surface area (TPSA) is 45.8 Å². The number of aromatic amines is 1. The number of para-hydroxylation sites is 1. The maximum Gasteiger partial charge on any atom is 0.259 e. The summed E-state index contributed by atoms with van der Waals surface area (Å²) in [5, 5.41) is 2.38. The molecule has 3 rings (SSSR count). The average molecular weight is 337 g/mol. The largest absolute Gasteiger partial charge is 0.301 e. The smallest absolute Gasteiger partial charge is 0.259 e. The molecule has 0 spiro atoms. The van der Waals surface area contributed by atoms with Crippen LogP contribution < -0.4 is 5.56 Å². The van der Waals surface area contributed by atoms with Gasteiger partial charge in [-0.15, -0.1) is 0 Å². The van der Waals surface area contributed by atoms with Crippen molar-refractivity contribution in [2.24, 2.45) is 0 Å². The van der Waals surface area contributed by atoms with Crippen molar-refractivity contribution in [2.45, 2.75) is 10.9 Å². The molecule has 0 aliphatic rings. The average Bonchev–Trinajstić information content (AvgIpc) is 2.46. The third-order valence-corrected chi connectivity index (χ3v) is 4.48. The maximum absolute atomic E-state index is 12.0. The highest BCUT2D eigenvalue weighted by Gasteiger charge is 2.06. The van der Waals surface area contributed by atoms with Gasteiger partial charge in [0.25, 0.3) is 5.56 Å². The fourth-order valence-corrected chi connectivity index (χ4v) is 3.34. The molecule has 0 amide bonds. The number of hydrogen-bond donors (Lipinski definition) is 1. The van der Waals surface area contributed by atoms with Crippen LogP contribution in [0.15, 0.2) is 52.4 Å². The lowest BCUT2D eigenvalue weighted by Gasteiger charge is -2.05. The van der Waals surface area contributed by atoms with Crippen LogP contribution in [-0.2, 0) is 5.75 Å². The Bertz CT molecular complexity index is 864.